The average molecular weight is 425 g/mol. The largest absolute Gasteiger partial charge is 0.299 e. The minimum Gasteiger partial charge on any atom is -0.299 e. The minimum atomic E-state index is 0.142. The Morgan fingerprint density at radius 1 is 1.03 bits per heavy atom. The van der Waals surface area contributed by atoms with Gasteiger partial charge in [0.05, 0.1) is 0 Å². The summed E-state index contributed by atoms with van der Waals surface area (Å²) in [6.45, 7) is 16.1. The molecule has 7 atom stereocenters. The fourth-order valence-corrected chi connectivity index (χ4v) is 8.67. The summed E-state index contributed by atoms with van der Waals surface area (Å²) in [6.07, 6.45) is 11.6. The van der Waals surface area contributed by atoms with Crippen molar-refractivity contribution in [1.29, 1.82) is 0 Å². The molecule has 2 heteroatoms. The van der Waals surface area contributed by atoms with Crippen LogP contribution in [-0.4, -0.2) is 11.6 Å². The quantitative estimate of drug-likeness (QED) is 0.438. The van der Waals surface area contributed by atoms with E-state index < -0.39 is 0 Å². The fourth-order valence-electron chi connectivity index (χ4n) is 8.67. The maximum absolute atomic E-state index is 13.1. The summed E-state index contributed by atoms with van der Waals surface area (Å²) in [4.78, 5) is 25.5. The predicted molar refractivity (Wildman–Crippen MR) is 128 cm³/mol. The summed E-state index contributed by atoms with van der Waals surface area (Å²) in [5, 5.41) is 0. The van der Waals surface area contributed by atoms with Crippen molar-refractivity contribution in [1.82, 2.24) is 0 Å². The third-order valence-electron chi connectivity index (χ3n) is 11.0. The summed E-state index contributed by atoms with van der Waals surface area (Å²) >= 11 is 0. The van der Waals surface area contributed by atoms with E-state index in [0.717, 1.165) is 12.8 Å². The lowest BCUT2D eigenvalue weighted by Gasteiger charge is -2.59. The van der Waals surface area contributed by atoms with Gasteiger partial charge in [0.25, 0.3) is 0 Å². The highest BCUT2D eigenvalue weighted by Gasteiger charge is 2.62. The van der Waals surface area contributed by atoms with Crippen LogP contribution in [0.4, 0.5) is 0 Å². The molecule has 0 spiro atoms. The summed E-state index contributed by atoms with van der Waals surface area (Å²) in [7, 11) is 0. The molecule has 2 fully saturated rings. The van der Waals surface area contributed by atoms with Crippen molar-refractivity contribution >= 4 is 11.6 Å². The molecule has 0 unspecified atom stereocenters. The molecule has 4 rings (SSSR count). The SMILES string of the molecule is CC(C)=CCC(=O)[C@@H](C)[C@H]1CC[C@@]2(C)C3=C(CC[C@]12C)[C@@]1(C)CCC(=O)[C@@H](C)[C@H]1CC3. The lowest BCUT2D eigenvalue weighted by Crippen LogP contribution is -2.51. The standard InChI is InChI=1S/C29H44O2/c1-18(2)8-11-25(30)20(4)22-12-16-29(7)24-10-9-21-19(3)26(31)14-15-27(21,5)23(24)13-17-28(22,29)6/h8,19-22H,9-17H2,1-7H3/t19-,20-,21+,22+,27-,28+,29-/m0/s1. The van der Waals surface area contributed by atoms with Crippen molar-refractivity contribution in [2.75, 3.05) is 0 Å². The second kappa shape index (κ2) is 7.70. The van der Waals surface area contributed by atoms with Gasteiger partial charge in [-0.3, -0.25) is 9.59 Å². The molecule has 0 heterocycles. The van der Waals surface area contributed by atoms with E-state index in [2.05, 4.69) is 54.5 Å². The molecule has 0 aromatic rings. The van der Waals surface area contributed by atoms with E-state index in [4.69, 9.17) is 0 Å². The van der Waals surface area contributed by atoms with E-state index in [1.165, 1.54) is 44.1 Å². The van der Waals surface area contributed by atoms with Crippen molar-refractivity contribution in [3.05, 3.63) is 22.8 Å². The Morgan fingerprint density at radius 3 is 2.42 bits per heavy atom. The number of allylic oxidation sites excluding steroid dienone is 4. The molecule has 0 aliphatic heterocycles. The van der Waals surface area contributed by atoms with Crippen LogP contribution in [0.5, 0.6) is 0 Å². The molecule has 31 heavy (non-hydrogen) atoms. The lowest BCUT2D eigenvalue weighted by molar-refractivity contribution is -0.130. The van der Waals surface area contributed by atoms with Gasteiger partial charge in [-0.25, -0.2) is 0 Å². The van der Waals surface area contributed by atoms with Crippen LogP contribution in [0, 0.1) is 39.9 Å². The molecular formula is C29H44O2. The molecular weight excluding hydrogens is 380 g/mol. The maximum Gasteiger partial charge on any atom is 0.139 e. The first-order valence-corrected chi connectivity index (χ1v) is 12.9. The number of hydrogen-bond acceptors (Lipinski definition) is 2. The molecule has 0 aromatic heterocycles. The Labute approximate surface area is 190 Å². The van der Waals surface area contributed by atoms with Gasteiger partial charge in [-0.2, -0.15) is 0 Å². The molecule has 4 aliphatic carbocycles. The van der Waals surface area contributed by atoms with E-state index in [0.29, 0.717) is 29.8 Å². The summed E-state index contributed by atoms with van der Waals surface area (Å²) in [5.41, 5.74) is 5.36. The molecule has 0 radical (unpaired) electrons. The third-order valence-corrected chi connectivity index (χ3v) is 11.0. The van der Waals surface area contributed by atoms with Crippen molar-refractivity contribution < 1.29 is 9.59 Å². The predicted octanol–water partition coefficient (Wildman–Crippen LogP) is 7.48. The van der Waals surface area contributed by atoms with Crippen LogP contribution in [-0.2, 0) is 9.59 Å². The third kappa shape index (κ3) is 3.25. The zero-order chi connectivity index (χ0) is 22.8. The Bertz CT molecular complexity index is 843. The van der Waals surface area contributed by atoms with Crippen LogP contribution in [0.1, 0.15) is 106 Å². The van der Waals surface area contributed by atoms with E-state index >= 15 is 0 Å². The Kier molecular flexibility index (Phi) is 5.71. The molecule has 0 N–H and O–H groups in total. The van der Waals surface area contributed by atoms with E-state index in [-0.39, 0.29) is 28.1 Å². The highest BCUT2D eigenvalue weighted by atomic mass is 16.1. The highest BCUT2D eigenvalue weighted by Crippen LogP contribution is 2.71. The first kappa shape index (κ1) is 23.0. The molecule has 4 aliphatic rings. The molecule has 0 amide bonds. The average Bonchev–Trinajstić information content (AvgIpc) is 3.00. The van der Waals surface area contributed by atoms with Crippen molar-refractivity contribution in [2.45, 2.75) is 106 Å². The summed E-state index contributed by atoms with van der Waals surface area (Å²) in [6, 6.07) is 0. The summed E-state index contributed by atoms with van der Waals surface area (Å²) in [5.74, 6) is 2.29. The van der Waals surface area contributed by atoms with Gasteiger partial charge in [0.2, 0.25) is 0 Å². The molecule has 2 nitrogen and oxygen atoms in total. The van der Waals surface area contributed by atoms with Gasteiger partial charge >= 0.3 is 0 Å². The van der Waals surface area contributed by atoms with E-state index in [1.807, 2.05) is 0 Å². The number of Topliss-reactive ketones (excluding diaryl/α,β-unsaturated/α-hetero) is 2. The number of rotatable bonds is 4. The van der Waals surface area contributed by atoms with Crippen molar-refractivity contribution in [3.63, 3.8) is 0 Å². The van der Waals surface area contributed by atoms with Gasteiger partial charge in [-0.15, -0.1) is 0 Å². The van der Waals surface area contributed by atoms with Gasteiger partial charge in [0, 0.05) is 24.7 Å². The van der Waals surface area contributed by atoms with E-state index in [9.17, 15) is 9.59 Å². The first-order valence-electron chi connectivity index (χ1n) is 12.9. The maximum atomic E-state index is 13.1. The lowest BCUT2D eigenvalue weighted by atomic mass is 9.45. The Hall–Kier alpha value is -1.18. The topological polar surface area (TPSA) is 34.1 Å². The monoisotopic (exact) mass is 424 g/mol. The van der Waals surface area contributed by atoms with Crippen molar-refractivity contribution in [3.8, 4) is 0 Å². The molecule has 0 bridgehead atoms. The molecule has 0 saturated heterocycles. The minimum absolute atomic E-state index is 0.142. The second-order valence-corrected chi connectivity index (χ2v) is 12.4. The zero-order valence-corrected chi connectivity index (χ0v) is 21.1. The van der Waals surface area contributed by atoms with Crippen LogP contribution in [0.25, 0.3) is 0 Å². The van der Waals surface area contributed by atoms with Gasteiger partial charge in [-0.05, 0) is 86.9 Å². The Morgan fingerprint density at radius 2 is 1.74 bits per heavy atom. The smallest absolute Gasteiger partial charge is 0.139 e. The molecule has 172 valence electrons. The number of carbonyl (C=O) groups is 2. The number of ketones is 2. The second-order valence-electron chi connectivity index (χ2n) is 12.4. The van der Waals surface area contributed by atoms with Crippen LogP contribution < -0.4 is 0 Å². The van der Waals surface area contributed by atoms with Gasteiger partial charge < -0.3 is 0 Å². The van der Waals surface area contributed by atoms with Crippen LogP contribution in [0.3, 0.4) is 0 Å². The first-order chi connectivity index (χ1) is 14.5. The van der Waals surface area contributed by atoms with Gasteiger partial charge in [0.1, 0.15) is 11.6 Å². The Balaban J connectivity index is 1.66. The molecule has 2 saturated carbocycles. The fraction of sp³-hybridized carbons (Fsp3) is 0.793. The van der Waals surface area contributed by atoms with E-state index in [1.54, 1.807) is 11.1 Å². The van der Waals surface area contributed by atoms with Crippen LogP contribution >= 0.6 is 0 Å². The number of carbonyl (C=O) groups excluding carboxylic acids is 2. The summed E-state index contributed by atoms with van der Waals surface area (Å²) < 4.78 is 0. The van der Waals surface area contributed by atoms with Gasteiger partial charge in [-0.1, -0.05) is 57.4 Å². The number of fused-ring (bicyclic) bond motifs is 4. The normalized spacial score (nSPS) is 43.1. The zero-order valence-electron chi connectivity index (χ0n) is 21.1. The van der Waals surface area contributed by atoms with Gasteiger partial charge in [0.15, 0.2) is 0 Å². The number of hydrogen-bond donors (Lipinski definition) is 0. The molecule has 0 aromatic carbocycles. The highest BCUT2D eigenvalue weighted by molar-refractivity contribution is 5.83. The van der Waals surface area contributed by atoms with Crippen LogP contribution in [0.2, 0.25) is 0 Å². The van der Waals surface area contributed by atoms with Crippen molar-refractivity contribution in [2.24, 2.45) is 39.9 Å². The van der Waals surface area contributed by atoms with Crippen LogP contribution in [0.15, 0.2) is 22.8 Å².